The third kappa shape index (κ3) is 4.25. The van der Waals surface area contributed by atoms with E-state index in [2.05, 4.69) is 22.4 Å². The number of halogens is 1. The van der Waals surface area contributed by atoms with Crippen LogP contribution in [0.5, 0.6) is 5.75 Å². The molecule has 0 spiro atoms. The van der Waals surface area contributed by atoms with E-state index in [-0.39, 0.29) is 24.0 Å². The average Bonchev–Trinajstić information content (AvgIpc) is 3.28. The molecule has 0 aromatic heterocycles. The lowest BCUT2D eigenvalue weighted by Crippen LogP contribution is -2.33. The second-order valence-electron chi connectivity index (χ2n) is 5.80. The second-order valence-corrected chi connectivity index (χ2v) is 5.80. The molecule has 0 saturated heterocycles. The number of aliphatic imine (C=N–C) groups is 1. The van der Waals surface area contributed by atoms with Crippen LogP contribution in [0, 0.1) is 0 Å². The quantitative estimate of drug-likeness (QED) is 0.464. The van der Waals surface area contributed by atoms with E-state index in [4.69, 9.17) is 10.5 Å². The molecule has 3 N–H and O–H groups in total. The first kappa shape index (κ1) is 16.4. The Hall–Kier alpha value is -0.980. The van der Waals surface area contributed by atoms with E-state index in [1.54, 1.807) is 7.11 Å². The molecule has 1 saturated carbocycles. The van der Waals surface area contributed by atoms with Crippen LogP contribution in [0.2, 0.25) is 0 Å². The maximum Gasteiger partial charge on any atom is 0.188 e. The Morgan fingerprint density at radius 2 is 2.19 bits per heavy atom. The molecule has 0 heterocycles. The van der Waals surface area contributed by atoms with Crippen molar-refractivity contribution in [2.24, 2.45) is 10.7 Å². The zero-order valence-electron chi connectivity index (χ0n) is 12.5. The summed E-state index contributed by atoms with van der Waals surface area (Å²) in [7, 11) is 1.72. The zero-order valence-corrected chi connectivity index (χ0v) is 14.8. The van der Waals surface area contributed by atoms with Gasteiger partial charge in [-0.05, 0) is 55.4 Å². The van der Waals surface area contributed by atoms with E-state index in [1.807, 2.05) is 6.07 Å². The molecule has 2 aliphatic rings. The summed E-state index contributed by atoms with van der Waals surface area (Å²) in [4.78, 5) is 4.52. The molecule has 21 heavy (non-hydrogen) atoms. The topological polar surface area (TPSA) is 59.6 Å². The molecule has 0 amide bonds. The van der Waals surface area contributed by atoms with E-state index in [0.717, 1.165) is 18.7 Å². The predicted octanol–water partition coefficient (Wildman–Crippen LogP) is 2.80. The molecule has 1 atom stereocenters. The molecule has 1 aromatic carbocycles. The van der Waals surface area contributed by atoms with Crippen LogP contribution in [0.1, 0.15) is 42.7 Å². The van der Waals surface area contributed by atoms with E-state index in [0.29, 0.717) is 17.9 Å². The molecule has 1 aromatic rings. The van der Waals surface area contributed by atoms with Gasteiger partial charge in [0.2, 0.25) is 0 Å². The van der Waals surface area contributed by atoms with Crippen LogP contribution in [0.4, 0.5) is 0 Å². The van der Waals surface area contributed by atoms with Crippen molar-refractivity contribution in [3.8, 4) is 5.75 Å². The van der Waals surface area contributed by atoms with Crippen LogP contribution in [-0.2, 0) is 6.42 Å². The normalized spacial score (nSPS) is 21.2. The SMILES string of the molecule is COc1ccc2c(c1)CCCC2CN=C(N)NC1CC1.I. The first-order valence-corrected chi connectivity index (χ1v) is 7.49. The molecule has 0 bridgehead atoms. The minimum absolute atomic E-state index is 0. The summed E-state index contributed by atoms with van der Waals surface area (Å²) in [5.74, 6) is 2.04. The van der Waals surface area contributed by atoms with Crippen molar-refractivity contribution in [3.05, 3.63) is 29.3 Å². The number of benzene rings is 1. The standard InChI is InChI=1S/C16H23N3O.HI/c1-20-14-7-8-15-11(9-14)3-2-4-12(15)10-18-16(17)19-13-5-6-13;/h7-9,12-13H,2-6,10H2,1H3,(H3,17,18,19);1H. The third-order valence-electron chi connectivity index (χ3n) is 4.20. The Labute approximate surface area is 143 Å². The fourth-order valence-electron chi connectivity index (χ4n) is 2.90. The summed E-state index contributed by atoms with van der Waals surface area (Å²) >= 11 is 0. The average molecular weight is 401 g/mol. The first-order chi connectivity index (χ1) is 9.76. The molecular weight excluding hydrogens is 377 g/mol. The molecule has 2 aliphatic carbocycles. The molecule has 4 nitrogen and oxygen atoms in total. The smallest absolute Gasteiger partial charge is 0.188 e. The predicted molar refractivity (Wildman–Crippen MR) is 96.7 cm³/mol. The van der Waals surface area contributed by atoms with Gasteiger partial charge >= 0.3 is 0 Å². The third-order valence-corrected chi connectivity index (χ3v) is 4.20. The number of nitrogens with one attached hydrogen (secondary N) is 1. The van der Waals surface area contributed by atoms with Gasteiger partial charge < -0.3 is 15.8 Å². The number of hydrogen-bond acceptors (Lipinski definition) is 2. The number of rotatable bonds is 4. The highest BCUT2D eigenvalue weighted by Crippen LogP contribution is 2.33. The highest BCUT2D eigenvalue weighted by molar-refractivity contribution is 14.0. The van der Waals surface area contributed by atoms with Gasteiger partial charge in [-0.3, -0.25) is 4.99 Å². The lowest BCUT2D eigenvalue weighted by atomic mass is 9.83. The highest BCUT2D eigenvalue weighted by atomic mass is 127. The number of fused-ring (bicyclic) bond motifs is 1. The molecule has 0 radical (unpaired) electrons. The van der Waals surface area contributed by atoms with Gasteiger partial charge in [0.05, 0.1) is 7.11 Å². The van der Waals surface area contributed by atoms with Crippen LogP contribution in [-0.4, -0.2) is 25.7 Å². The molecular formula is C16H24IN3O. The molecule has 1 fully saturated rings. The maximum atomic E-state index is 5.92. The minimum Gasteiger partial charge on any atom is -0.497 e. The van der Waals surface area contributed by atoms with Gasteiger partial charge in [0.25, 0.3) is 0 Å². The monoisotopic (exact) mass is 401 g/mol. The Bertz CT molecular complexity index is 514. The molecule has 1 unspecified atom stereocenters. The van der Waals surface area contributed by atoms with Gasteiger partial charge in [-0.2, -0.15) is 0 Å². The van der Waals surface area contributed by atoms with Crippen molar-refractivity contribution in [1.82, 2.24) is 5.32 Å². The summed E-state index contributed by atoms with van der Waals surface area (Å²) in [5, 5.41) is 3.24. The summed E-state index contributed by atoms with van der Waals surface area (Å²) in [6.45, 7) is 0.783. The van der Waals surface area contributed by atoms with E-state index in [9.17, 15) is 0 Å². The number of methoxy groups -OCH3 is 1. The Kier molecular flexibility index (Phi) is 5.72. The zero-order chi connectivity index (χ0) is 13.9. The van der Waals surface area contributed by atoms with Gasteiger partial charge in [0, 0.05) is 18.5 Å². The number of nitrogens with two attached hydrogens (primary N) is 1. The van der Waals surface area contributed by atoms with Gasteiger partial charge in [0.15, 0.2) is 5.96 Å². The van der Waals surface area contributed by atoms with Crippen molar-refractivity contribution < 1.29 is 4.74 Å². The Morgan fingerprint density at radius 1 is 1.38 bits per heavy atom. The summed E-state index contributed by atoms with van der Waals surface area (Å²) in [5.41, 5.74) is 8.74. The summed E-state index contributed by atoms with van der Waals surface area (Å²) in [6, 6.07) is 6.98. The molecule has 116 valence electrons. The Morgan fingerprint density at radius 3 is 2.90 bits per heavy atom. The number of nitrogens with zero attached hydrogens (tertiary/aromatic N) is 1. The fourth-order valence-corrected chi connectivity index (χ4v) is 2.90. The summed E-state index contributed by atoms with van der Waals surface area (Å²) < 4.78 is 5.31. The van der Waals surface area contributed by atoms with E-state index < -0.39 is 0 Å². The maximum absolute atomic E-state index is 5.92. The van der Waals surface area contributed by atoms with Gasteiger partial charge in [-0.25, -0.2) is 0 Å². The Balaban J connectivity index is 0.00000161. The van der Waals surface area contributed by atoms with Gasteiger partial charge in [0.1, 0.15) is 5.75 Å². The minimum atomic E-state index is 0. The van der Waals surface area contributed by atoms with Crippen molar-refractivity contribution in [2.45, 2.75) is 44.1 Å². The lowest BCUT2D eigenvalue weighted by molar-refractivity contribution is 0.413. The number of ether oxygens (including phenoxy) is 1. The second kappa shape index (κ2) is 7.33. The molecule has 5 heteroatoms. The fraction of sp³-hybridized carbons (Fsp3) is 0.562. The van der Waals surface area contributed by atoms with Crippen molar-refractivity contribution in [1.29, 1.82) is 0 Å². The molecule has 0 aliphatic heterocycles. The van der Waals surface area contributed by atoms with Gasteiger partial charge in [-0.1, -0.05) is 6.07 Å². The van der Waals surface area contributed by atoms with Crippen LogP contribution in [0.25, 0.3) is 0 Å². The van der Waals surface area contributed by atoms with Crippen LogP contribution in [0.3, 0.4) is 0 Å². The van der Waals surface area contributed by atoms with Crippen LogP contribution in [0.15, 0.2) is 23.2 Å². The highest BCUT2D eigenvalue weighted by Gasteiger charge is 2.23. The van der Waals surface area contributed by atoms with Gasteiger partial charge in [-0.15, -0.1) is 24.0 Å². The van der Waals surface area contributed by atoms with E-state index in [1.165, 1.54) is 36.8 Å². The van der Waals surface area contributed by atoms with Crippen molar-refractivity contribution >= 4 is 29.9 Å². The van der Waals surface area contributed by atoms with E-state index >= 15 is 0 Å². The van der Waals surface area contributed by atoms with Crippen molar-refractivity contribution in [2.75, 3.05) is 13.7 Å². The lowest BCUT2D eigenvalue weighted by Gasteiger charge is -2.24. The number of hydrogen-bond donors (Lipinski definition) is 2. The largest absolute Gasteiger partial charge is 0.497 e. The molecule has 3 rings (SSSR count). The van der Waals surface area contributed by atoms with Crippen molar-refractivity contribution in [3.63, 3.8) is 0 Å². The van der Waals surface area contributed by atoms with Crippen LogP contribution < -0.4 is 15.8 Å². The number of guanidine groups is 1. The van der Waals surface area contributed by atoms with Crippen LogP contribution >= 0.6 is 24.0 Å². The first-order valence-electron chi connectivity index (χ1n) is 7.49. The summed E-state index contributed by atoms with van der Waals surface area (Å²) in [6.07, 6.45) is 6.00. The number of aryl methyl sites for hydroxylation is 1.